The lowest BCUT2D eigenvalue weighted by atomic mass is 10.0. The van der Waals surface area contributed by atoms with E-state index in [1.807, 2.05) is 12.1 Å². The van der Waals surface area contributed by atoms with Gasteiger partial charge in [0, 0.05) is 42.8 Å². The summed E-state index contributed by atoms with van der Waals surface area (Å²) in [6, 6.07) is 4.58. The molecule has 0 unspecified atom stereocenters. The molecule has 2 N–H and O–H groups in total. The quantitative estimate of drug-likeness (QED) is 0.839. The highest BCUT2D eigenvalue weighted by molar-refractivity contribution is 7.20. The Balaban J connectivity index is 1.66. The molecule has 4 rings (SSSR count). The highest BCUT2D eigenvalue weighted by atomic mass is 32.1. The molecule has 2 aromatic rings. The Labute approximate surface area is 157 Å². The summed E-state index contributed by atoms with van der Waals surface area (Å²) in [5, 5.41) is 12.8. The lowest BCUT2D eigenvalue weighted by Crippen LogP contribution is -2.44. The summed E-state index contributed by atoms with van der Waals surface area (Å²) in [5.74, 6) is -0.154. The largest absolute Gasteiger partial charge is 0.395 e. The smallest absolute Gasteiger partial charge is 0.261 e. The number of ether oxygens (including phenoxy) is 1. The fourth-order valence-electron chi connectivity index (χ4n) is 4.13. The van der Waals surface area contributed by atoms with Crippen LogP contribution in [-0.2, 0) is 4.74 Å². The summed E-state index contributed by atoms with van der Waals surface area (Å²) < 4.78 is 6.12. The van der Waals surface area contributed by atoms with Crippen LogP contribution in [-0.4, -0.2) is 59.8 Å². The fraction of sp³-hybridized carbons (Fsp3) is 0.579. The van der Waals surface area contributed by atoms with Gasteiger partial charge in [0.1, 0.15) is 9.71 Å². The second-order valence-corrected chi connectivity index (χ2v) is 7.97. The van der Waals surface area contributed by atoms with Crippen LogP contribution in [0.4, 0.5) is 0 Å². The first-order valence-electron chi connectivity index (χ1n) is 9.40. The van der Waals surface area contributed by atoms with E-state index in [0.717, 1.165) is 28.9 Å². The number of aliphatic hydroxyl groups is 1. The highest BCUT2D eigenvalue weighted by Gasteiger charge is 2.33. The van der Waals surface area contributed by atoms with Gasteiger partial charge in [-0.15, -0.1) is 11.3 Å². The van der Waals surface area contributed by atoms with E-state index in [4.69, 9.17) is 9.84 Å². The van der Waals surface area contributed by atoms with Gasteiger partial charge in [0.25, 0.3) is 5.91 Å². The summed E-state index contributed by atoms with van der Waals surface area (Å²) in [6.45, 7) is 2.66. The van der Waals surface area contributed by atoms with Gasteiger partial charge < -0.3 is 15.2 Å². The van der Waals surface area contributed by atoms with Crippen LogP contribution < -0.4 is 5.32 Å². The minimum Gasteiger partial charge on any atom is -0.395 e. The van der Waals surface area contributed by atoms with Gasteiger partial charge in [-0.2, -0.15) is 0 Å². The van der Waals surface area contributed by atoms with Crippen LogP contribution in [0, 0.1) is 0 Å². The van der Waals surface area contributed by atoms with E-state index < -0.39 is 0 Å². The van der Waals surface area contributed by atoms with Crippen molar-refractivity contribution in [2.75, 3.05) is 32.8 Å². The molecular weight excluding hydrogens is 350 g/mol. The number of pyridine rings is 1. The molecule has 2 aromatic heterocycles. The monoisotopic (exact) mass is 375 g/mol. The Morgan fingerprint density at radius 1 is 1.42 bits per heavy atom. The van der Waals surface area contributed by atoms with Crippen LogP contribution in [0.3, 0.4) is 0 Å². The maximum absolute atomic E-state index is 12.7. The van der Waals surface area contributed by atoms with Crippen molar-refractivity contribution >= 4 is 27.5 Å². The van der Waals surface area contributed by atoms with Crippen molar-refractivity contribution in [1.82, 2.24) is 15.2 Å². The summed E-state index contributed by atoms with van der Waals surface area (Å²) in [4.78, 5) is 21.2. The minimum absolute atomic E-state index is 0.0698. The maximum Gasteiger partial charge on any atom is 0.261 e. The first-order chi connectivity index (χ1) is 12.8. The van der Waals surface area contributed by atoms with Crippen LogP contribution in [0.1, 0.15) is 47.0 Å². The fourth-order valence-corrected chi connectivity index (χ4v) is 5.25. The van der Waals surface area contributed by atoms with Crippen LogP contribution in [0.25, 0.3) is 10.2 Å². The number of carbonyl (C=O) groups excluding carboxylic acids is 1. The van der Waals surface area contributed by atoms with Gasteiger partial charge in [0.2, 0.25) is 0 Å². The van der Waals surface area contributed by atoms with E-state index in [-0.39, 0.29) is 25.2 Å². The van der Waals surface area contributed by atoms with Crippen molar-refractivity contribution in [1.29, 1.82) is 0 Å². The average molecular weight is 375 g/mol. The number of morpholine rings is 1. The third-order valence-corrected chi connectivity index (χ3v) is 6.50. The molecule has 0 aromatic carbocycles. The molecule has 2 fully saturated rings. The predicted molar refractivity (Wildman–Crippen MR) is 102 cm³/mol. The summed E-state index contributed by atoms with van der Waals surface area (Å²) in [6.07, 6.45) is 6.80. The van der Waals surface area contributed by atoms with E-state index in [1.165, 1.54) is 37.0 Å². The summed E-state index contributed by atoms with van der Waals surface area (Å²) in [5.41, 5.74) is 0.955. The molecule has 1 aliphatic carbocycles. The minimum atomic E-state index is -0.154. The first kappa shape index (κ1) is 17.9. The highest BCUT2D eigenvalue weighted by Crippen LogP contribution is 2.38. The van der Waals surface area contributed by atoms with Crippen LogP contribution in [0.15, 0.2) is 18.3 Å². The Bertz CT molecular complexity index is 772. The van der Waals surface area contributed by atoms with Crippen LogP contribution in [0.5, 0.6) is 0 Å². The van der Waals surface area contributed by atoms with E-state index in [0.29, 0.717) is 17.5 Å². The number of aliphatic hydroxyl groups excluding tert-OH is 1. The molecule has 0 radical (unpaired) electrons. The summed E-state index contributed by atoms with van der Waals surface area (Å²) >= 11 is 1.41. The summed E-state index contributed by atoms with van der Waals surface area (Å²) in [7, 11) is 0. The molecule has 1 saturated carbocycles. The van der Waals surface area contributed by atoms with Gasteiger partial charge >= 0.3 is 0 Å². The molecule has 2 aliphatic rings. The number of aromatic nitrogens is 1. The van der Waals surface area contributed by atoms with Crippen LogP contribution in [0.2, 0.25) is 0 Å². The second-order valence-electron chi connectivity index (χ2n) is 6.97. The van der Waals surface area contributed by atoms with Crippen molar-refractivity contribution in [3.63, 3.8) is 0 Å². The van der Waals surface area contributed by atoms with Gasteiger partial charge in [-0.1, -0.05) is 18.9 Å². The van der Waals surface area contributed by atoms with E-state index in [9.17, 15) is 4.79 Å². The zero-order valence-electron chi connectivity index (χ0n) is 14.8. The maximum atomic E-state index is 12.7. The van der Waals surface area contributed by atoms with E-state index in [1.54, 1.807) is 6.20 Å². The van der Waals surface area contributed by atoms with Gasteiger partial charge in [-0.3, -0.25) is 9.69 Å². The van der Waals surface area contributed by atoms with Gasteiger partial charge in [0.05, 0.1) is 19.3 Å². The molecule has 1 aliphatic heterocycles. The number of thiophene rings is 1. The number of nitrogens with one attached hydrogen (secondary N) is 1. The predicted octanol–water partition coefficient (Wildman–Crippen LogP) is 2.33. The molecule has 0 bridgehead atoms. The van der Waals surface area contributed by atoms with Crippen molar-refractivity contribution in [3.05, 3.63) is 28.8 Å². The normalized spacial score (nSPS) is 22.1. The van der Waals surface area contributed by atoms with Gasteiger partial charge in [0.15, 0.2) is 0 Å². The van der Waals surface area contributed by atoms with Crippen molar-refractivity contribution in [2.45, 2.75) is 37.8 Å². The topological polar surface area (TPSA) is 74.7 Å². The Hall–Kier alpha value is -1.54. The van der Waals surface area contributed by atoms with Gasteiger partial charge in [-0.05, 0) is 18.9 Å². The second kappa shape index (κ2) is 8.00. The molecule has 1 amide bonds. The number of carbonyl (C=O) groups is 1. The van der Waals surface area contributed by atoms with Crippen molar-refractivity contribution in [3.8, 4) is 0 Å². The van der Waals surface area contributed by atoms with Gasteiger partial charge in [-0.25, -0.2) is 4.98 Å². The molecule has 7 heteroatoms. The molecule has 6 nitrogen and oxygen atoms in total. The van der Waals surface area contributed by atoms with E-state index >= 15 is 0 Å². The zero-order valence-corrected chi connectivity index (χ0v) is 15.6. The SMILES string of the molecule is O=C(NCCO)c1sc2ncccc2c1[C@H]1CN(C2CCCC2)CCO1. The third kappa shape index (κ3) is 3.49. The Kier molecular flexibility index (Phi) is 5.49. The standard InChI is InChI=1S/C19H25N3O3S/c23-10-8-20-18(24)17-16(14-6-3-7-21-19(14)26-17)15-12-22(9-11-25-15)13-4-1-2-5-13/h3,6-7,13,15,23H,1-2,4-5,8-12H2,(H,20,24)/t15-/m1/s1. The van der Waals surface area contributed by atoms with Crippen molar-refractivity contribution in [2.24, 2.45) is 0 Å². The molecule has 1 atom stereocenters. The zero-order chi connectivity index (χ0) is 17.9. The lowest BCUT2D eigenvalue weighted by molar-refractivity contribution is -0.0434. The number of hydrogen-bond acceptors (Lipinski definition) is 6. The van der Waals surface area contributed by atoms with Crippen LogP contribution >= 0.6 is 11.3 Å². The number of rotatable bonds is 5. The number of nitrogens with zero attached hydrogens (tertiary/aromatic N) is 2. The molecular formula is C19H25N3O3S. The molecule has 1 saturated heterocycles. The molecule has 26 heavy (non-hydrogen) atoms. The number of amides is 1. The number of fused-ring (bicyclic) bond motifs is 1. The molecule has 3 heterocycles. The Morgan fingerprint density at radius 2 is 2.27 bits per heavy atom. The third-order valence-electron chi connectivity index (χ3n) is 5.37. The average Bonchev–Trinajstić information content (AvgIpc) is 3.34. The van der Waals surface area contributed by atoms with E-state index in [2.05, 4.69) is 15.2 Å². The number of hydrogen-bond donors (Lipinski definition) is 2. The Morgan fingerprint density at radius 3 is 3.08 bits per heavy atom. The first-order valence-corrected chi connectivity index (χ1v) is 10.2. The lowest BCUT2D eigenvalue weighted by Gasteiger charge is -2.37. The molecule has 0 spiro atoms. The molecule has 140 valence electrons. The van der Waals surface area contributed by atoms with Crippen molar-refractivity contribution < 1.29 is 14.6 Å².